The number of aliphatic hydroxyl groups is 1. The maximum Gasteiger partial charge on any atom is 0.269 e. The van der Waals surface area contributed by atoms with E-state index in [1.807, 2.05) is 31.2 Å². The molecule has 0 saturated heterocycles. The van der Waals surface area contributed by atoms with Gasteiger partial charge in [-0.15, -0.1) is 0 Å². The van der Waals surface area contributed by atoms with Crippen LogP contribution in [-0.4, -0.2) is 33.9 Å². The summed E-state index contributed by atoms with van der Waals surface area (Å²) in [4.78, 5) is 11.8. The Kier molecular flexibility index (Phi) is 3.97. The fourth-order valence-electron chi connectivity index (χ4n) is 1.65. The lowest BCUT2D eigenvalue weighted by Crippen LogP contribution is -2.30. The number of carbonyl (C=O) groups excluding carboxylic acids is 1. The minimum absolute atomic E-state index is 0.220. The van der Waals surface area contributed by atoms with Gasteiger partial charge in [0.25, 0.3) is 5.91 Å². The molecule has 0 bridgehead atoms. The Morgan fingerprint density at radius 2 is 2.11 bits per heavy atom. The molecule has 0 radical (unpaired) electrons. The van der Waals surface area contributed by atoms with Gasteiger partial charge in [0.2, 0.25) is 0 Å². The van der Waals surface area contributed by atoms with E-state index in [9.17, 15) is 4.79 Å². The third-order valence-electron chi connectivity index (χ3n) is 2.73. The van der Waals surface area contributed by atoms with Crippen molar-refractivity contribution in [1.29, 1.82) is 0 Å². The first-order valence-corrected chi connectivity index (χ1v) is 6.15. The van der Waals surface area contributed by atoms with Crippen LogP contribution in [0.3, 0.4) is 0 Å². The summed E-state index contributed by atoms with van der Waals surface area (Å²) in [5.74, 6) is -0.272. The van der Waals surface area contributed by atoms with Gasteiger partial charge in [-0.1, -0.05) is 29.8 Å². The number of nitrogens with zero attached hydrogens (tertiary/aromatic N) is 1. The zero-order valence-electron chi connectivity index (χ0n) is 11.0. The van der Waals surface area contributed by atoms with E-state index in [1.165, 1.54) is 5.56 Å². The van der Waals surface area contributed by atoms with Gasteiger partial charge < -0.3 is 10.4 Å². The molecular weight excluding hydrogens is 242 g/mol. The van der Waals surface area contributed by atoms with Crippen molar-refractivity contribution in [3.05, 3.63) is 41.6 Å². The van der Waals surface area contributed by atoms with Crippen LogP contribution in [0.15, 0.2) is 30.3 Å². The highest BCUT2D eigenvalue weighted by molar-refractivity contribution is 5.93. The molecule has 5 heteroatoms. The molecule has 0 aliphatic rings. The first-order chi connectivity index (χ1) is 9.06. The Morgan fingerprint density at radius 3 is 2.74 bits per heavy atom. The number of aromatic amines is 1. The number of benzene rings is 1. The summed E-state index contributed by atoms with van der Waals surface area (Å²) in [6.45, 7) is 3.85. The molecule has 5 nitrogen and oxygen atoms in total. The number of carbonyl (C=O) groups is 1. The topological polar surface area (TPSA) is 78.0 Å². The van der Waals surface area contributed by atoms with Crippen LogP contribution in [0.1, 0.15) is 23.0 Å². The van der Waals surface area contributed by atoms with Crippen LogP contribution >= 0.6 is 0 Å². The van der Waals surface area contributed by atoms with Crippen molar-refractivity contribution >= 4 is 5.91 Å². The lowest BCUT2D eigenvalue weighted by Gasteiger charge is -2.04. The van der Waals surface area contributed by atoms with Crippen LogP contribution in [0.2, 0.25) is 0 Å². The molecule has 1 atom stereocenters. The van der Waals surface area contributed by atoms with Crippen LogP contribution < -0.4 is 5.32 Å². The molecule has 1 heterocycles. The number of nitrogens with one attached hydrogen (secondary N) is 2. The smallest absolute Gasteiger partial charge is 0.269 e. The normalized spacial score (nSPS) is 12.2. The highest BCUT2D eigenvalue weighted by Crippen LogP contribution is 2.18. The average Bonchev–Trinajstić information content (AvgIpc) is 2.86. The van der Waals surface area contributed by atoms with E-state index in [-0.39, 0.29) is 12.5 Å². The Hall–Kier alpha value is -2.14. The second-order valence-corrected chi connectivity index (χ2v) is 4.59. The zero-order valence-corrected chi connectivity index (χ0v) is 11.0. The van der Waals surface area contributed by atoms with Crippen molar-refractivity contribution in [3.8, 4) is 11.3 Å². The molecular formula is C14H17N3O2. The third kappa shape index (κ3) is 3.42. The number of rotatable bonds is 4. The first-order valence-electron chi connectivity index (χ1n) is 6.15. The van der Waals surface area contributed by atoms with Gasteiger partial charge in [0.15, 0.2) is 0 Å². The standard InChI is InChI=1S/C14H17N3O2/c1-9-3-5-11(6-4-9)12-7-13(17-16-12)14(19)15-8-10(2)18/h3-7,10,18H,8H2,1-2H3,(H,15,19)(H,16,17). The van der Waals surface area contributed by atoms with Crippen LogP contribution in [0.25, 0.3) is 11.3 Å². The number of aromatic nitrogens is 2. The highest BCUT2D eigenvalue weighted by Gasteiger charge is 2.11. The van der Waals surface area contributed by atoms with Crippen molar-refractivity contribution in [3.63, 3.8) is 0 Å². The minimum Gasteiger partial charge on any atom is -0.392 e. The number of aryl methyl sites for hydroxylation is 1. The Bertz CT molecular complexity index is 558. The van der Waals surface area contributed by atoms with Gasteiger partial charge in [-0.3, -0.25) is 9.89 Å². The van der Waals surface area contributed by atoms with Crippen molar-refractivity contribution < 1.29 is 9.90 Å². The van der Waals surface area contributed by atoms with Crippen molar-refractivity contribution in [2.24, 2.45) is 0 Å². The Labute approximate surface area is 111 Å². The molecule has 1 aromatic heterocycles. The maximum atomic E-state index is 11.8. The van der Waals surface area contributed by atoms with Crippen LogP contribution in [-0.2, 0) is 0 Å². The second kappa shape index (κ2) is 5.67. The Balaban J connectivity index is 2.10. The predicted octanol–water partition coefficient (Wildman–Crippen LogP) is 1.50. The summed E-state index contributed by atoms with van der Waals surface area (Å²) in [6, 6.07) is 9.61. The average molecular weight is 259 g/mol. The van der Waals surface area contributed by atoms with Crippen molar-refractivity contribution in [1.82, 2.24) is 15.5 Å². The number of H-pyrrole nitrogens is 1. The third-order valence-corrected chi connectivity index (χ3v) is 2.73. The van der Waals surface area contributed by atoms with E-state index in [1.54, 1.807) is 13.0 Å². The molecule has 1 amide bonds. The second-order valence-electron chi connectivity index (χ2n) is 4.59. The number of hydrogen-bond donors (Lipinski definition) is 3. The van der Waals surface area contributed by atoms with Crippen LogP contribution in [0.5, 0.6) is 0 Å². The van der Waals surface area contributed by atoms with Gasteiger partial charge in [0, 0.05) is 12.1 Å². The summed E-state index contributed by atoms with van der Waals surface area (Å²) in [7, 11) is 0. The molecule has 100 valence electrons. The molecule has 0 aliphatic carbocycles. The highest BCUT2D eigenvalue weighted by atomic mass is 16.3. The number of hydrogen-bond acceptors (Lipinski definition) is 3. The van der Waals surface area contributed by atoms with Gasteiger partial charge in [-0.25, -0.2) is 0 Å². The van der Waals surface area contributed by atoms with Gasteiger partial charge in [-0.05, 0) is 19.9 Å². The summed E-state index contributed by atoms with van der Waals surface area (Å²) < 4.78 is 0. The molecule has 0 aliphatic heterocycles. The van der Waals surface area contributed by atoms with Gasteiger partial charge in [-0.2, -0.15) is 5.10 Å². The van der Waals surface area contributed by atoms with Crippen LogP contribution in [0, 0.1) is 6.92 Å². The van der Waals surface area contributed by atoms with E-state index in [2.05, 4.69) is 15.5 Å². The van der Waals surface area contributed by atoms with Gasteiger partial charge in [0.1, 0.15) is 5.69 Å². The summed E-state index contributed by atoms with van der Waals surface area (Å²) in [5.41, 5.74) is 3.24. The zero-order chi connectivity index (χ0) is 13.8. The first kappa shape index (κ1) is 13.3. The lowest BCUT2D eigenvalue weighted by atomic mass is 10.1. The quantitative estimate of drug-likeness (QED) is 0.778. The molecule has 2 rings (SSSR count). The van der Waals surface area contributed by atoms with E-state index >= 15 is 0 Å². The Morgan fingerprint density at radius 1 is 1.42 bits per heavy atom. The van der Waals surface area contributed by atoms with Crippen molar-refractivity contribution in [2.45, 2.75) is 20.0 Å². The lowest BCUT2D eigenvalue weighted by molar-refractivity contribution is 0.0919. The predicted molar refractivity (Wildman–Crippen MR) is 72.8 cm³/mol. The SMILES string of the molecule is Cc1ccc(-c2cc(C(=O)NCC(C)O)[nH]n2)cc1. The number of aliphatic hydroxyl groups excluding tert-OH is 1. The molecule has 1 unspecified atom stereocenters. The molecule has 2 aromatic rings. The van der Waals surface area contributed by atoms with Crippen LogP contribution in [0.4, 0.5) is 0 Å². The minimum atomic E-state index is -0.566. The molecule has 0 saturated carbocycles. The molecule has 3 N–H and O–H groups in total. The largest absolute Gasteiger partial charge is 0.392 e. The van der Waals surface area contributed by atoms with E-state index < -0.39 is 6.10 Å². The maximum absolute atomic E-state index is 11.8. The monoisotopic (exact) mass is 259 g/mol. The molecule has 19 heavy (non-hydrogen) atoms. The summed E-state index contributed by atoms with van der Waals surface area (Å²) >= 11 is 0. The molecule has 0 spiro atoms. The number of amides is 1. The van der Waals surface area contributed by atoms with E-state index in [0.29, 0.717) is 5.69 Å². The van der Waals surface area contributed by atoms with E-state index in [0.717, 1.165) is 11.3 Å². The van der Waals surface area contributed by atoms with Gasteiger partial charge >= 0.3 is 0 Å². The fourth-order valence-corrected chi connectivity index (χ4v) is 1.65. The van der Waals surface area contributed by atoms with Crippen molar-refractivity contribution in [2.75, 3.05) is 6.54 Å². The van der Waals surface area contributed by atoms with Gasteiger partial charge in [0.05, 0.1) is 11.8 Å². The molecule has 0 fully saturated rings. The fraction of sp³-hybridized carbons (Fsp3) is 0.286. The summed E-state index contributed by atoms with van der Waals surface area (Å²) in [5, 5.41) is 18.5. The van der Waals surface area contributed by atoms with E-state index in [4.69, 9.17) is 5.11 Å². The molecule has 1 aromatic carbocycles. The summed E-state index contributed by atoms with van der Waals surface area (Å²) in [6.07, 6.45) is -0.566.